The van der Waals surface area contributed by atoms with Crippen LogP contribution in [0.1, 0.15) is 37.0 Å². The first-order chi connectivity index (χ1) is 14.8. The Morgan fingerprint density at radius 3 is 2.61 bits per heavy atom. The van der Waals surface area contributed by atoms with Crippen LogP contribution in [0.25, 0.3) is 0 Å². The first-order valence-corrected chi connectivity index (χ1v) is 10.0. The summed E-state index contributed by atoms with van der Waals surface area (Å²) in [6.07, 6.45) is 2.11. The number of benzene rings is 2. The molecular formula is C23H28N4O4. The zero-order valence-corrected chi connectivity index (χ0v) is 18.2. The van der Waals surface area contributed by atoms with Gasteiger partial charge in [-0.1, -0.05) is 31.2 Å². The summed E-state index contributed by atoms with van der Waals surface area (Å²) in [6, 6.07) is 12.6. The number of carbonyl (C=O) groups is 3. The molecule has 2 aromatic carbocycles. The summed E-state index contributed by atoms with van der Waals surface area (Å²) in [5.41, 5.74) is 5.59. The molecule has 1 atom stereocenters. The van der Waals surface area contributed by atoms with Gasteiger partial charge in [-0.2, -0.15) is 5.10 Å². The summed E-state index contributed by atoms with van der Waals surface area (Å²) in [5.74, 6) is -1.38. The molecule has 8 nitrogen and oxygen atoms in total. The van der Waals surface area contributed by atoms with E-state index in [4.69, 9.17) is 4.74 Å². The second-order valence-electron chi connectivity index (χ2n) is 7.21. The number of amides is 3. The summed E-state index contributed by atoms with van der Waals surface area (Å²) >= 11 is 0. The van der Waals surface area contributed by atoms with Crippen molar-refractivity contribution in [1.82, 2.24) is 10.7 Å². The van der Waals surface area contributed by atoms with Crippen LogP contribution >= 0.6 is 0 Å². The van der Waals surface area contributed by atoms with E-state index >= 15 is 0 Å². The topological polar surface area (TPSA) is 109 Å². The van der Waals surface area contributed by atoms with E-state index in [9.17, 15) is 14.4 Å². The predicted molar refractivity (Wildman–Crippen MR) is 120 cm³/mol. The van der Waals surface area contributed by atoms with E-state index in [1.165, 1.54) is 6.21 Å². The van der Waals surface area contributed by atoms with Crippen LogP contribution < -0.4 is 20.8 Å². The van der Waals surface area contributed by atoms with Crippen molar-refractivity contribution in [3.63, 3.8) is 0 Å². The molecule has 2 rings (SSSR count). The van der Waals surface area contributed by atoms with Gasteiger partial charge in [0.1, 0.15) is 5.75 Å². The summed E-state index contributed by atoms with van der Waals surface area (Å²) in [7, 11) is 0. The first-order valence-electron chi connectivity index (χ1n) is 10.0. The van der Waals surface area contributed by atoms with Gasteiger partial charge in [0, 0.05) is 11.7 Å². The van der Waals surface area contributed by atoms with Crippen LogP contribution in [-0.2, 0) is 14.4 Å². The lowest BCUT2D eigenvalue weighted by molar-refractivity contribution is -0.139. The number of hydrazone groups is 1. The lowest BCUT2D eigenvalue weighted by Crippen LogP contribution is -2.41. The molecule has 8 heteroatoms. The van der Waals surface area contributed by atoms with Crippen LogP contribution in [0, 0.1) is 13.8 Å². The molecule has 0 fully saturated rings. The Balaban J connectivity index is 1.86. The molecule has 31 heavy (non-hydrogen) atoms. The molecule has 0 bridgehead atoms. The number of anilines is 1. The van der Waals surface area contributed by atoms with E-state index in [1.807, 2.05) is 45.9 Å². The Morgan fingerprint density at radius 2 is 1.87 bits per heavy atom. The summed E-state index contributed by atoms with van der Waals surface area (Å²) in [4.78, 5) is 35.6. The van der Waals surface area contributed by atoms with Crippen molar-refractivity contribution < 1.29 is 19.1 Å². The van der Waals surface area contributed by atoms with E-state index in [0.29, 0.717) is 11.3 Å². The van der Waals surface area contributed by atoms with Crippen molar-refractivity contribution in [1.29, 1.82) is 0 Å². The summed E-state index contributed by atoms with van der Waals surface area (Å²) < 4.78 is 5.55. The second-order valence-corrected chi connectivity index (χ2v) is 7.21. The number of ether oxygens (including phenoxy) is 1. The van der Waals surface area contributed by atoms with E-state index in [-0.39, 0.29) is 18.6 Å². The van der Waals surface area contributed by atoms with Gasteiger partial charge in [-0.05, 0) is 62.1 Å². The highest BCUT2D eigenvalue weighted by Gasteiger charge is 2.14. The fraction of sp³-hybridized carbons (Fsp3) is 0.304. The van der Waals surface area contributed by atoms with Gasteiger partial charge >= 0.3 is 11.8 Å². The highest BCUT2D eigenvalue weighted by Crippen LogP contribution is 2.17. The lowest BCUT2D eigenvalue weighted by Gasteiger charge is -2.10. The number of rotatable bonds is 8. The number of aryl methyl sites for hydroxylation is 2. The van der Waals surface area contributed by atoms with Crippen molar-refractivity contribution in [2.24, 2.45) is 5.10 Å². The molecule has 0 aliphatic rings. The maximum atomic E-state index is 12.2. The van der Waals surface area contributed by atoms with Crippen LogP contribution in [0.3, 0.4) is 0 Å². The second kappa shape index (κ2) is 11.5. The van der Waals surface area contributed by atoms with Crippen molar-refractivity contribution in [3.8, 4) is 5.75 Å². The van der Waals surface area contributed by atoms with Crippen LogP contribution in [0.15, 0.2) is 47.6 Å². The van der Waals surface area contributed by atoms with E-state index in [0.717, 1.165) is 23.2 Å². The molecule has 0 spiro atoms. The van der Waals surface area contributed by atoms with E-state index in [2.05, 4.69) is 21.2 Å². The van der Waals surface area contributed by atoms with Gasteiger partial charge in [-0.25, -0.2) is 5.43 Å². The SMILES string of the molecule is CC[C@@H](C)NC(=O)C(=O)N/N=C\c1cccc(OCC(=O)Nc2cc(C)ccc2C)c1. The van der Waals surface area contributed by atoms with Crippen LogP contribution in [-0.4, -0.2) is 36.6 Å². The number of nitrogens with one attached hydrogen (secondary N) is 3. The molecular weight excluding hydrogens is 396 g/mol. The minimum atomic E-state index is -0.841. The molecule has 0 saturated carbocycles. The van der Waals surface area contributed by atoms with Crippen molar-refractivity contribution in [3.05, 3.63) is 59.2 Å². The van der Waals surface area contributed by atoms with Gasteiger partial charge < -0.3 is 15.4 Å². The van der Waals surface area contributed by atoms with E-state index < -0.39 is 11.8 Å². The predicted octanol–water partition coefficient (Wildman–Crippen LogP) is 2.69. The van der Waals surface area contributed by atoms with E-state index in [1.54, 1.807) is 24.3 Å². The largest absolute Gasteiger partial charge is 0.484 e. The van der Waals surface area contributed by atoms with Gasteiger partial charge in [0.2, 0.25) is 0 Å². The molecule has 3 amide bonds. The molecule has 0 aliphatic heterocycles. The number of nitrogens with zero attached hydrogens (tertiary/aromatic N) is 1. The smallest absolute Gasteiger partial charge is 0.329 e. The normalized spacial score (nSPS) is 11.6. The van der Waals surface area contributed by atoms with Gasteiger partial charge in [0.05, 0.1) is 6.21 Å². The third kappa shape index (κ3) is 7.93. The molecule has 2 aromatic rings. The first kappa shape index (κ1) is 23.6. The Morgan fingerprint density at radius 1 is 1.10 bits per heavy atom. The lowest BCUT2D eigenvalue weighted by atomic mass is 10.1. The Labute approximate surface area is 182 Å². The third-order valence-corrected chi connectivity index (χ3v) is 4.47. The van der Waals surface area contributed by atoms with Crippen molar-refractivity contribution in [2.45, 2.75) is 40.2 Å². The quantitative estimate of drug-likeness (QED) is 0.344. The number of carbonyl (C=O) groups excluding carboxylic acids is 3. The minimum absolute atomic E-state index is 0.0944. The van der Waals surface area contributed by atoms with Gasteiger partial charge in [-0.15, -0.1) is 0 Å². The Hall–Kier alpha value is -3.68. The third-order valence-electron chi connectivity index (χ3n) is 4.47. The van der Waals surface area contributed by atoms with Crippen LogP contribution in [0.5, 0.6) is 5.75 Å². The molecule has 0 heterocycles. The number of hydrogen-bond donors (Lipinski definition) is 3. The highest BCUT2D eigenvalue weighted by atomic mass is 16.5. The van der Waals surface area contributed by atoms with Gasteiger partial charge in [0.15, 0.2) is 6.61 Å². The molecule has 0 aliphatic carbocycles. The molecule has 0 saturated heterocycles. The fourth-order valence-corrected chi connectivity index (χ4v) is 2.50. The zero-order chi connectivity index (χ0) is 22.8. The molecule has 0 unspecified atom stereocenters. The maximum Gasteiger partial charge on any atom is 0.329 e. The Kier molecular flexibility index (Phi) is 8.75. The average molecular weight is 425 g/mol. The maximum absolute atomic E-state index is 12.2. The standard InChI is InChI=1S/C23H28N4O4/c1-5-17(4)25-22(29)23(30)27-24-13-18-7-6-8-19(12-18)31-14-21(28)26-20-11-15(2)9-10-16(20)3/h6-13,17H,5,14H2,1-4H3,(H,25,29)(H,26,28)(H,27,30)/b24-13-/t17-/m1/s1. The van der Waals surface area contributed by atoms with Crippen molar-refractivity contribution >= 4 is 29.6 Å². The summed E-state index contributed by atoms with van der Waals surface area (Å²) in [5, 5.41) is 9.18. The monoisotopic (exact) mass is 424 g/mol. The van der Waals surface area contributed by atoms with Gasteiger partial charge in [-0.3, -0.25) is 14.4 Å². The molecule has 164 valence electrons. The molecule has 3 N–H and O–H groups in total. The van der Waals surface area contributed by atoms with Crippen LogP contribution in [0.2, 0.25) is 0 Å². The minimum Gasteiger partial charge on any atom is -0.484 e. The fourth-order valence-electron chi connectivity index (χ4n) is 2.50. The average Bonchev–Trinajstić information content (AvgIpc) is 2.75. The molecule has 0 aromatic heterocycles. The van der Waals surface area contributed by atoms with Crippen molar-refractivity contribution in [2.75, 3.05) is 11.9 Å². The Bertz CT molecular complexity index is 972. The number of hydrogen-bond acceptors (Lipinski definition) is 5. The van der Waals surface area contributed by atoms with Crippen LogP contribution in [0.4, 0.5) is 5.69 Å². The summed E-state index contributed by atoms with van der Waals surface area (Å²) in [6.45, 7) is 7.44. The zero-order valence-electron chi connectivity index (χ0n) is 18.2. The molecule has 0 radical (unpaired) electrons. The highest BCUT2D eigenvalue weighted by molar-refractivity contribution is 6.35. The van der Waals surface area contributed by atoms with Gasteiger partial charge in [0.25, 0.3) is 5.91 Å².